The number of hydrogen-bond acceptors (Lipinski definition) is 2. The van der Waals surface area contributed by atoms with E-state index in [-0.39, 0.29) is 6.61 Å². The van der Waals surface area contributed by atoms with Gasteiger partial charge in [0.2, 0.25) is 0 Å². The molecule has 0 spiro atoms. The summed E-state index contributed by atoms with van der Waals surface area (Å²) in [4.78, 5) is 10.4. The summed E-state index contributed by atoms with van der Waals surface area (Å²) in [7, 11) is 0. The smallest absolute Gasteiger partial charge is 0.150 e. The highest BCUT2D eigenvalue weighted by Gasteiger charge is 1.98. The second kappa shape index (κ2) is 4.38. The Labute approximate surface area is 79.3 Å². The van der Waals surface area contributed by atoms with Crippen molar-refractivity contribution in [3.8, 4) is 0 Å². The molecule has 64 valence electrons. The largest absolute Gasteiger partial charge is 0.392 e. The summed E-state index contributed by atoms with van der Waals surface area (Å²) in [6.45, 7) is -0.0261. The molecule has 12 heavy (non-hydrogen) atoms. The first-order valence-corrected chi connectivity index (χ1v) is 4.67. The fraction of sp³-hybridized carbons (Fsp3) is 0.222. The van der Waals surface area contributed by atoms with Crippen LogP contribution in [0.25, 0.3) is 0 Å². The fourth-order valence-electron chi connectivity index (χ4n) is 1.03. The third kappa shape index (κ3) is 2.16. The van der Waals surface area contributed by atoms with Gasteiger partial charge in [0, 0.05) is 10.9 Å². The van der Waals surface area contributed by atoms with Gasteiger partial charge in [-0.2, -0.15) is 0 Å². The summed E-state index contributed by atoms with van der Waals surface area (Å²) >= 11 is 3.29. The lowest BCUT2D eigenvalue weighted by atomic mass is 10.1. The molecular weight excluding hydrogens is 220 g/mol. The molecule has 0 unspecified atom stereocenters. The molecule has 0 saturated heterocycles. The van der Waals surface area contributed by atoms with Crippen molar-refractivity contribution in [3.05, 3.63) is 34.9 Å². The van der Waals surface area contributed by atoms with E-state index >= 15 is 0 Å². The Balaban J connectivity index is 3.09. The molecule has 1 N–H and O–H groups in total. The molecule has 3 heteroatoms. The van der Waals surface area contributed by atoms with Crippen LogP contribution in [-0.2, 0) is 11.9 Å². The molecule has 1 aromatic carbocycles. The lowest BCUT2D eigenvalue weighted by Crippen LogP contribution is -1.90. The van der Waals surface area contributed by atoms with Gasteiger partial charge < -0.3 is 5.11 Å². The van der Waals surface area contributed by atoms with Crippen molar-refractivity contribution in [3.63, 3.8) is 0 Å². The molecule has 0 bridgehead atoms. The Morgan fingerprint density at radius 1 is 1.33 bits per heavy atom. The Morgan fingerprint density at radius 3 is 2.50 bits per heavy atom. The van der Waals surface area contributed by atoms with E-state index in [0.29, 0.717) is 10.9 Å². The minimum atomic E-state index is -0.0261. The predicted molar refractivity (Wildman–Crippen MR) is 50.4 cm³/mol. The van der Waals surface area contributed by atoms with Gasteiger partial charge in [-0.3, -0.25) is 4.79 Å². The molecule has 0 atom stereocenters. The van der Waals surface area contributed by atoms with Crippen LogP contribution in [0.3, 0.4) is 0 Å². The summed E-state index contributed by atoms with van der Waals surface area (Å²) < 4.78 is 0. The van der Waals surface area contributed by atoms with E-state index in [4.69, 9.17) is 5.11 Å². The maximum atomic E-state index is 10.4. The van der Waals surface area contributed by atoms with Crippen LogP contribution in [0, 0.1) is 0 Å². The van der Waals surface area contributed by atoms with Crippen molar-refractivity contribution in [1.82, 2.24) is 0 Å². The van der Waals surface area contributed by atoms with Gasteiger partial charge in [0.15, 0.2) is 0 Å². The Bertz CT molecular complexity index is 262. The molecule has 1 aromatic rings. The summed E-state index contributed by atoms with van der Waals surface area (Å²) in [6, 6.07) is 5.34. The summed E-state index contributed by atoms with van der Waals surface area (Å²) in [6.07, 6.45) is 0.783. The zero-order valence-corrected chi connectivity index (χ0v) is 8.04. The lowest BCUT2D eigenvalue weighted by Gasteiger charge is -2.01. The maximum absolute atomic E-state index is 10.4. The first kappa shape index (κ1) is 9.42. The minimum absolute atomic E-state index is 0.0261. The molecule has 0 aliphatic rings. The minimum Gasteiger partial charge on any atom is -0.392 e. The van der Waals surface area contributed by atoms with Crippen molar-refractivity contribution < 1.29 is 9.90 Å². The van der Waals surface area contributed by atoms with E-state index < -0.39 is 0 Å². The van der Waals surface area contributed by atoms with Gasteiger partial charge in [-0.15, -0.1) is 0 Å². The maximum Gasteiger partial charge on any atom is 0.150 e. The fourth-order valence-corrected chi connectivity index (χ4v) is 1.35. The standard InChI is InChI=1S/C9H9BrO2/c10-4-7-1-8(5-11)3-9(2-7)6-12/h1-3,5,12H,4,6H2. The van der Waals surface area contributed by atoms with E-state index in [1.165, 1.54) is 0 Å². The van der Waals surface area contributed by atoms with Crippen LogP contribution in [0.5, 0.6) is 0 Å². The lowest BCUT2D eigenvalue weighted by molar-refractivity contribution is 0.112. The van der Waals surface area contributed by atoms with E-state index in [1.807, 2.05) is 6.07 Å². The van der Waals surface area contributed by atoms with Crippen LogP contribution >= 0.6 is 15.9 Å². The second-order valence-electron chi connectivity index (χ2n) is 2.49. The van der Waals surface area contributed by atoms with Gasteiger partial charge in [-0.05, 0) is 23.3 Å². The van der Waals surface area contributed by atoms with Gasteiger partial charge >= 0.3 is 0 Å². The number of carbonyl (C=O) groups excluding carboxylic acids is 1. The topological polar surface area (TPSA) is 37.3 Å². The van der Waals surface area contributed by atoms with E-state index in [2.05, 4.69) is 15.9 Å². The summed E-state index contributed by atoms with van der Waals surface area (Å²) in [5, 5.41) is 9.54. The normalized spacial score (nSPS) is 9.83. The number of alkyl halides is 1. The third-order valence-electron chi connectivity index (χ3n) is 1.55. The molecule has 1 rings (SSSR count). The number of halogens is 1. The molecule has 0 saturated carbocycles. The Hall–Kier alpha value is -0.670. The monoisotopic (exact) mass is 228 g/mol. The highest BCUT2D eigenvalue weighted by molar-refractivity contribution is 9.08. The van der Waals surface area contributed by atoms with E-state index in [1.54, 1.807) is 12.1 Å². The highest BCUT2D eigenvalue weighted by Crippen LogP contribution is 2.11. The highest BCUT2D eigenvalue weighted by atomic mass is 79.9. The van der Waals surface area contributed by atoms with Gasteiger partial charge in [0.1, 0.15) is 6.29 Å². The Morgan fingerprint density at radius 2 is 2.00 bits per heavy atom. The summed E-state index contributed by atoms with van der Waals surface area (Å²) in [5.41, 5.74) is 2.38. The summed E-state index contributed by atoms with van der Waals surface area (Å²) in [5.74, 6) is 0. The molecule has 0 amide bonds. The number of aliphatic hydroxyl groups is 1. The zero-order chi connectivity index (χ0) is 8.97. The molecule has 0 radical (unpaired) electrons. The first-order chi connectivity index (χ1) is 5.80. The first-order valence-electron chi connectivity index (χ1n) is 3.55. The average Bonchev–Trinajstić information content (AvgIpc) is 2.16. The van der Waals surface area contributed by atoms with Gasteiger partial charge in [0.25, 0.3) is 0 Å². The van der Waals surface area contributed by atoms with Crippen LogP contribution in [0.4, 0.5) is 0 Å². The van der Waals surface area contributed by atoms with Crippen LogP contribution in [0.15, 0.2) is 18.2 Å². The zero-order valence-electron chi connectivity index (χ0n) is 6.46. The van der Waals surface area contributed by atoms with Crippen molar-refractivity contribution >= 4 is 22.2 Å². The van der Waals surface area contributed by atoms with Gasteiger partial charge in [-0.1, -0.05) is 22.0 Å². The van der Waals surface area contributed by atoms with Crippen LogP contribution < -0.4 is 0 Å². The molecule has 0 aromatic heterocycles. The second-order valence-corrected chi connectivity index (χ2v) is 3.05. The predicted octanol–water partition coefficient (Wildman–Crippen LogP) is 1.89. The van der Waals surface area contributed by atoms with Crippen molar-refractivity contribution in [2.24, 2.45) is 0 Å². The van der Waals surface area contributed by atoms with Crippen molar-refractivity contribution in [2.75, 3.05) is 0 Å². The van der Waals surface area contributed by atoms with E-state index in [9.17, 15) is 4.79 Å². The number of benzene rings is 1. The molecule has 0 heterocycles. The van der Waals surface area contributed by atoms with Crippen LogP contribution in [-0.4, -0.2) is 11.4 Å². The van der Waals surface area contributed by atoms with Crippen LogP contribution in [0.1, 0.15) is 21.5 Å². The third-order valence-corrected chi connectivity index (χ3v) is 2.20. The molecule has 2 nitrogen and oxygen atoms in total. The van der Waals surface area contributed by atoms with Crippen LogP contribution in [0.2, 0.25) is 0 Å². The Kier molecular flexibility index (Phi) is 3.44. The van der Waals surface area contributed by atoms with Gasteiger partial charge in [0.05, 0.1) is 6.61 Å². The average molecular weight is 229 g/mol. The van der Waals surface area contributed by atoms with Crippen molar-refractivity contribution in [1.29, 1.82) is 0 Å². The van der Waals surface area contributed by atoms with Crippen molar-refractivity contribution in [2.45, 2.75) is 11.9 Å². The SMILES string of the molecule is O=Cc1cc(CO)cc(CBr)c1. The quantitative estimate of drug-likeness (QED) is 0.634. The number of aliphatic hydroxyl groups excluding tert-OH is 1. The number of rotatable bonds is 3. The molecular formula is C9H9BrO2. The molecule has 0 aliphatic heterocycles. The number of aldehydes is 1. The molecule has 0 aliphatic carbocycles. The number of carbonyl (C=O) groups is 1. The molecule has 0 fully saturated rings. The van der Waals surface area contributed by atoms with Gasteiger partial charge in [-0.25, -0.2) is 0 Å². The number of hydrogen-bond donors (Lipinski definition) is 1. The van der Waals surface area contributed by atoms with E-state index in [0.717, 1.165) is 17.4 Å².